The van der Waals surface area contributed by atoms with Crippen LogP contribution in [0, 0.1) is 18.6 Å². The van der Waals surface area contributed by atoms with Crippen molar-refractivity contribution in [3.05, 3.63) is 81.9 Å². The minimum Gasteiger partial charge on any atom is -0.497 e. The summed E-state index contributed by atoms with van der Waals surface area (Å²) in [5.74, 6) is -1.78. The number of aryl methyl sites for hydroxylation is 1. The standard InChI is InChI=1S/C21H16F2N4O3/c1-11-9-17(28)25-20-18(12-3-6-14(30-2)7-4-12)19(26-27(11)20)21(29)24-16-8-5-13(22)10-15(16)23/h3-10H,1-2H3,(H,24,29)(H,25,28). The summed E-state index contributed by atoms with van der Waals surface area (Å²) in [6.45, 7) is 1.67. The maximum absolute atomic E-state index is 14.0. The third kappa shape index (κ3) is 3.41. The summed E-state index contributed by atoms with van der Waals surface area (Å²) in [7, 11) is 1.53. The Kier molecular flexibility index (Phi) is 4.78. The Bertz CT molecular complexity index is 1330. The van der Waals surface area contributed by atoms with E-state index in [0.29, 0.717) is 34.3 Å². The summed E-state index contributed by atoms with van der Waals surface area (Å²) >= 11 is 0. The molecule has 0 aliphatic carbocycles. The Morgan fingerprint density at radius 2 is 1.87 bits per heavy atom. The lowest BCUT2D eigenvalue weighted by molar-refractivity contribution is 0.102. The lowest BCUT2D eigenvalue weighted by Gasteiger charge is -2.07. The number of rotatable bonds is 4. The van der Waals surface area contributed by atoms with E-state index in [1.807, 2.05) is 0 Å². The van der Waals surface area contributed by atoms with Gasteiger partial charge < -0.3 is 15.0 Å². The number of aromatic amines is 1. The topological polar surface area (TPSA) is 88.5 Å². The fourth-order valence-corrected chi connectivity index (χ4v) is 3.15. The Balaban J connectivity index is 1.88. The van der Waals surface area contributed by atoms with E-state index in [2.05, 4.69) is 15.4 Å². The number of anilines is 1. The molecule has 0 aliphatic rings. The highest BCUT2D eigenvalue weighted by Gasteiger charge is 2.23. The summed E-state index contributed by atoms with van der Waals surface area (Å²) in [5, 5.41) is 6.73. The van der Waals surface area contributed by atoms with Gasteiger partial charge in [-0.25, -0.2) is 13.3 Å². The number of methoxy groups -OCH3 is 1. The molecule has 2 N–H and O–H groups in total. The highest BCUT2D eigenvalue weighted by atomic mass is 19.1. The van der Waals surface area contributed by atoms with Gasteiger partial charge in [0.15, 0.2) is 5.69 Å². The van der Waals surface area contributed by atoms with E-state index in [1.165, 1.54) is 17.7 Å². The quantitative estimate of drug-likeness (QED) is 0.539. The molecule has 152 valence electrons. The minimum atomic E-state index is -0.914. The molecular formula is C21H16F2N4O3. The molecule has 4 rings (SSSR count). The van der Waals surface area contributed by atoms with E-state index in [0.717, 1.165) is 12.1 Å². The van der Waals surface area contributed by atoms with Crippen LogP contribution in [-0.2, 0) is 0 Å². The summed E-state index contributed by atoms with van der Waals surface area (Å²) in [5.41, 5.74) is 1.20. The number of H-pyrrole nitrogens is 1. The fourth-order valence-electron chi connectivity index (χ4n) is 3.15. The molecule has 0 atom stereocenters. The number of carbonyl (C=O) groups excluding carboxylic acids is 1. The molecule has 2 heterocycles. The van der Waals surface area contributed by atoms with Gasteiger partial charge in [0, 0.05) is 17.8 Å². The molecule has 7 nitrogen and oxygen atoms in total. The van der Waals surface area contributed by atoms with E-state index in [1.54, 1.807) is 31.2 Å². The lowest BCUT2D eigenvalue weighted by Crippen LogP contribution is -2.15. The van der Waals surface area contributed by atoms with E-state index < -0.39 is 17.5 Å². The Hall–Kier alpha value is -4.01. The van der Waals surface area contributed by atoms with Crippen molar-refractivity contribution < 1.29 is 18.3 Å². The number of halogens is 2. The lowest BCUT2D eigenvalue weighted by atomic mass is 10.0. The summed E-state index contributed by atoms with van der Waals surface area (Å²) in [6, 6.07) is 11.0. The molecular weight excluding hydrogens is 394 g/mol. The zero-order valence-corrected chi connectivity index (χ0v) is 16.0. The highest BCUT2D eigenvalue weighted by molar-refractivity contribution is 6.09. The predicted molar refractivity (Wildman–Crippen MR) is 107 cm³/mol. The number of ether oxygens (including phenoxy) is 1. The van der Waals surface area contributed by atoms with Crippen molar-refractivity contribution in [2.75, 3.05) is 12.4 Å². The van der Waals surface area contributed by atoms with Crippen molar-refractivity contribution in [2.45, 2.75) is 6.92 Å². The molecule has 0 saturated heterocycles. The number of benzene rings is 2. The SMILES string of the molecule is COc1ccc(-c2c(C(=O)Nc3ccc(F)cc3F)nn3c(C)cc(=O)[nH]c23)cc1. The average molecular weight is 410 g/mol. The number of nitrogens with zero attached hydrogens (tertiary/aromatic N) is 2. The Morgan fingerprint density at radius 3 is 2.53 bits per heavy atom. The number of amides is 1. The summed E-state index contributed by atoms with van der Waals surface area (Å²) < 4.78 is 33.8. The second kappa shape index (κ2) is 7.43. The number of aromatic nitrogens is 3. The van der Waals surface area contributed by atoms with Crippen molar-refractivity contribution in [1.29, 1.82) is 0 Å². The van der Waals surface area contributed by atoms with Crippen LogP contribution in [0.5, 0.6) is 5.75 Å². The molecule has 0 aliphatic heterocycles. The van der Waals surface area contributed by atoms with Crippen LogP contribution in [0.15, 0.2) is 53.3 Å². The number of hydrogen-bond acceptors (Lipinski definition) is 4. The zero-order chi connectivity index (χ0) is 21.4. The van der Waals surface area contributed by atoms with Gasteiger partial charge >= 0.3 is 0 Å². The largest absolute Gasteiger partial charge is 0.497 e. The van der Waals surface area contributed by atoms with Crippen molar-refractivity contribution in [3.8, 4) is 16.9 Å². The number of nitrogens with one attached hydrogen (secondary N) is 2. The van der Waals surface area contributed by atoms with E-state index in [-0.39, 0.29) is 16.9 Å². The summed E-state index contributed by atoms with van der Waals surface area (Å²) in [6.07, 6.45) is 0. The maximum Gasteiger partial charge on any atom is 0.276 e. The molecule has 0 fully saturated rings. The number of fused-ring (bicyclic) bond motifs is 1. The van der Waals surface area contributed by atoms with Crippen LogP contribution in [0.25, 0.3) is 16.8 Å². The van der Waals surface area contributed by atoms with Gasteiger partial charge in [-0.2, -0.15) is 5.10 Å². The molecule has 2 aromatic heterocycles. The average Bonchev–Trinajstić information content (AvgIpc) is 3.10. The van der Waals surface area contributed by atoms with Crippen molar-refractivity contribution >= 4 is 17.2 Å². The molecule has 1 amide bonds. The van der Waals surface area contributed by atoms with E-state index in [4.69, 9.17) is 4.74 Å². The van der Waals surface area contributed by atoms with Crippen LogP contribution >= 0.6 is 0 Å². The molecule has 0 radical (unpaired) electrons. The van der Waals surface area contributed by atoms with Crippen LogP contribution < -0.4 is 15.6 Å². The van der Waals surface area contributed by atoms with Crippen LogP contribution in [0.3, 0.4) is 0 Å². The summed E-state index contributed by atoms with van der Waals surface area (Å²) in [4.78, 5) is 27.7. The maximum atomic E-state index is 14.0. The molecule has 0 bridgehead atoms. The second-order valence-corrected chi connectivity index (χ2v) is 6.57. The second-order valence-electron chi connectivity index (χ2n) is 6.57. The van der Waals surface area contributed by atoms with Crippen molar-refractivity contribution in [2.24, 2.45) is 0 Å². The molecule has 0 saturated carbocycles. The monoisotopic (exact) mass is 410 g/mol. The van der Waals surface area contributed by atoms with Gasteiger partial charge in [0.1, 0.15) is 23.0 Å². The smallest absolute Gasteiger partial charge is 0.276 e. The Labute approximate surface area is 168 Å². The Morgan fingerprint density at radius 1 is 1.13 bits per heavy atom. The van der Waals surface area contributed by atoms with Crippen molar-refractivity contribution in [3.63, 3.8) is 0 Å². The van der Waals surface area contributed by atoms with Gasteiger partial charge in [0.25, 0.3) is 11.5 Å². The normalized spacial score (nSPS) is 10.9. The third-order valence-corrected chi connectivity index (χ3v) is 4.57. The minimum absolute atomic E-state index is 0.0335. The first-order valence-corrected chi connectivity index (χ1v) is 8.91. The molecule has 4 aromatic rings. The number of carbonyl (C=O) groups is 1. The molecule has 0 unspecified atom stereocenters. The van der Waals surface area contributed by atoms with Crippen LogP contribution in [0.1, 0.15) is 16.2 Å². The van der Waals surface area contributed by atoms with Crippen LogP contribution in [-0.4, -0.2) is 27.6 Å². The molecule has 0 spiro atoms. The van der Waals surface area contributed by atoms with E-state index >= 15 is 0 Å². The first kappa shape index (κ1) is 19.3. The van der Waals surface area contributed by atoms with Gasteiger partial charge in [0.2, 0.25) is 0 Å². The van der Waals surface area contributed by atoms with Gasteiger partial charge in [-0.15, -0.1) is 0 Å². The van der Waals surface area contributed by atoms with E-state index in [9.17, 15) is 18.4 Å². The first-order chi connectivity index (χ1) is 14.4. The first-order valence-electron chi connectivity index (χ1n) is 8.91. The molecule has 2 aromatic carbocycles. The van der Waals surface area contributed by atoms with Crippen LogP contribution in [0.2, 0.25) is 0 Å². The van der Waals surface area contributed by atoms with Crippen molar-refractivity contribution in [1.82, 2.24) is 14.6 Å². The van der Waals surface area contributed by atoms with Gasteiger partial charge in [-0.05, 0) is 36.8 Å². The van der Waals surface area contributed by atoms with Gasteiger partial charge in [-0.1, -0.05) is 12.1 Å². The third-order valence-electron chi connectivity index (χ3n) is 4.57. The molecule has 9 heteroatoms. The predicted octanol–water partition coefficient (Wildman–Crippen LogP) is 3.54. The van der Waals surface area contributed by atoms with Gasteiger partial charge in [-0.3, -0.25) is 9.59 Å². The van der Waals surface area contributed by atoms with Gasteiger partial charge in [0.05, 0.1) is 18.4 Å². The van der Waals surface area contributed by atoms with Crippen LogP contribution in [0.4, 0.5) is 14.5 Å². The molecule has 30 heavy (non-hydrogen) atoms. The number of hydrogen-bond donors (Lipinski definition) is 2. The zero-order valence-electron chi connectivity index (χ0n) is 16.0. The fraction of sp³-hybridized carbons (Fsp3) is 0.0952. The highest BCUT2D eigenvalue weighted by Crippen LogP contribution is 2.30.